The highest BCUT2D eigenvalue weighted by Gasteiger charge is 2.14. The second-order valence-corrected chi connectivity index (χ2v) is 3.56. The lowest BCUT2D eigenvalue weighted by molar-refractivity contribution is 0.445. The Morgan fingerprint density at radius 2 is 2.07 bits per heavy atom. The summed E-state index contributed by atoms with van der Waals surface area (Å²) < 4.78 is 0. The van der Waals surface area contributed by atoms with Gasteiger partial charge in [-0.05, 0) is 5.56 Å². The molecule has 14 heavy (non-hydrogen) atoms. The molecule has 1 heterocycles. The van der Waals surface area contributed by atoms with Gasteiger partial charge >= 0.3 is 0 Å². The Kier molecular flexibility index (Phi) is 2.82. The van der Waals surface area contributed by atoms with Crippen molar-refractivity contribution < 1.29 is 0 Å². The molecule has 1 aromatic rings. The van der Waals surface area contributed by atoms with Gasteiger partial charge < -0.3 is 4.90 Å². The van der Waals surface area contributed by atoms with Crippen LogP contribution in [-0.4, -0.2) is 23.8 Å². The van der Waals surface area contributed by atoms with Crippen LogP contribution < -0.4 is 0 Å². The van der Waals surface area contributed by atoms with E-state index < -0.39 is 0 Å². The number of rotatable bonds is 3. The predicted octanol–water partition coefficient (Wildman–Crippen LogP) is 2.31. The van der Waals surface area contributed by atoms with Gasteiger partial charge in [-0.25, -0.2) is 0 Å². The first-order valence-electron chi connectivity index (χ1n) is 5.22. The Morgan fingerprint density at radius 3 is 2.79 bits per heavy atom. The fourth-order valence-corrected chi connectivity index (χ4v) is 1.84. The van der Waals surface area contributed by atoms with E-state index in [-0.39, 0.29) is 0 Å². The van der Waals surface area contributed by atoms with Crippen LogP contribution in [0.25, 0.3) is 0 Å². The molecule has 0 radical (unpaired) electrons. The summed E-state index contributed by atoms with van der Waals surface area (Å²) in [6, 6.07) is 10.6. The van der Waals surface area contributed by atoms with Crippen LogP contribution in [0.2, 0.25) is 0 Å². The molecule has 0 spiro atoms. The van der Waals surface area contributed by atoms with Gasteiger partial charge in [-0.3, -0.25) is 4.99 Å². The molecule has 0 saturated heterocycles. The van der Waals surface area contributed by atoms with E-state index in [1.807, 2.05) is 0 Å². The van der Waals surface area contributed by atoms with Crippen molar-refractivity contribution >= 4 is 5.84 Å². The Hall–Kier alpha value is -1.31. The lowest BCUT2D eigenvalue weighted by Gasteiger charge is -2.19. The molecule has 0 saturated carbocycles. The maximum atomic E-state index is 4.47. The molecular weight excluding hydrogens is 172 g/mol. The third-order valence-corrected chi connectivity index (χ3v) is 2.56. The van der Waals surface area contributed by atoms with Crippen molar-refractivity contribution in [1.29, 1.82) is 0 Å². The number of hydrogen-bond acceptors (Lipinski definition) is 2. The van der Waals surface area contributed by atoms with Gasteiger partial charge in [0.25, 0.3) is 0 Å². The fraction of sp³-hybridized carbons (Fsp3) is 0.417. The minimum atomic E-state index is 0.968. The molecule has 0 aliphatic carbocycles. The van der Waals surface area contributed by atoms with Crippen LogP contribution in [0.5, 0.6) is 0 Å². The molecule has 0 N–H and O–H groups in total. The summed E-state index contributed by atoms with van der Waals surface area (Å²) in [7, 11) is 0. The Labute approximate surface area is 85.3 Å². The summed E-state index contributed by atoms with van der Waals surface area (Å²) in [5.41, 5.74) is 1.37. The lowest BCUT2D eigenvalue weighted by atomic mass is 10.2. The van der Waals surface area contributed by atoms with Crippen LogP contribution in [0.1, 0.15) is 18.9 Å². The van der Waals surface area contributed by atoms with Crippen LogP contribution in [0.4, 0.5) is 0 Å². The zero-order valence-electron chi connectivity index (χ0n) is 8.61. The van der Waals surface area contributed by atoms with Crippen LogP contribution in [-0.2, 0) is 6.54 Å². The van der Waals surface area contributed by atoms with Gasteiger partial charge in [0.05, 0.1) is 12.4 Å². The summed E-state index contributed by atoms with van der Waals surface area (Å²) in [6.45, 7) is 5.23. The van der Waals surface area contributed by atoms with E-state index in [0.29, 0.717) is 0 Å². The maximum absolute atomic E-state index is 4.47. The first kappa shape index (κ1) is 9.25. The van der Waals surface area contributed by atoms with Gasteiger partial charge in [0.1, 0.15) is 0 Å². The fourth-order valence-electron chi connectivity index (χ4n) is 1.84. The molecule has 0 fully saturated rings. The zero-order chi connectivity index (χ0) is 9.80. The van der Waals surface area contributed by atoms with Gasteiger partial charge in [-0.1, -0.05) is 37.3 Å². The third kappa shape index (κ3) is 1.95. The quantitative estimate of drug-likeness (QED) is 0.710. The van der Waals surface area contributed by atoms with Gasteiger partial charge in [-0.2, -0.15) is 0 Å². The minimum Gasteiger partial charge on any atom is -0.354 e. The molecule has 0 unspecified atom stereocenters. The van der Waals surface area contributed by atoms with E-state index in [1.165, 1.54) is 11.4 Å². The van der Waals surface area contributed by atoms with Crippen LogP contribution >= 0.6 is 0 Å². The third-order valence-electron chi connectivity index (χ3n) is 2.56. The summed E-state index contributed by atoms with van der Waals surface area (Å²) in [6.07, 6.45) is 1.05. The summed E-state index contributed by atoms with van der Waals surface area (Å²) in [4.78, 5) is 6.84. The Morgan fingerprint density at radius 1 is 1.29 bits per heavy atom. The van der Waals surface area contributed by atoms with Crippen molar-refractivity contribution in [1.82, 2.24) is 4.90 Å². The molecule has 1 aliphatic heterocycles. The molecule has 0 bridgehead atoms. The smallest absolute Gasteiger partial charge is 0.0990 e. The highest BCUT2D eigenvalue weighted by Crippen LogP contribution is 2.10. The number of amidine groups is 1. The molecule has 74 valence electrons. The van der Waals surface area contributed by atoms with Crippen molar-refractivity contribution in [3.8, 4) is 0 Å². The van der Waals surface area contributed by atoms with E-state index >= 15 is 0 Å². The van der Waals surface area contributed by atoms with Crippen LogP contribution in [0.3, 0.4) is 0 Å². The molecule has 0 aromatic heterocycles. The molecular formula is C12H16N2. The molecule has 2 nitrogen and oxygen atoms in total. The summed E-state index contributed by atoms with van der Waals surface area (Å²) in [5, 5.41) is 0. The molecule has 2 rings (SSSR count). The number of nitrogens with zero attached hydrogens (tertiary/aromatic N) is 2. The largest absolute Gasteiger partial charge is 0.354 e. The summed E-state index contributed by atoms with van der Waals surface area (Å²) >= 11 is 0. The Bertz CT molecular complexity index is 316. The highest BCUT2D eigenvalue weighted by atomic mass is 15.2. The first-order valence-corrected chi connectivity index (χ1v) is 5.22. The van der Waals surface area contributed by atoms with Gasteiger partial charge in [0.15, 0.2) is 0 Å². The van der Waals surface area contributed by atoms with E-state index in [4.69, 9.17) is 0 Å². The molecule has 2 heteroatoms. The monoisotopic (exact) mass is 188 g/mol. The van der Waals surface area contributed by atoms with Crippen molar-refractivity contribution in [3.63, 3.8) is 0 Å². The van der Waals surface area contributed by atoms with E-state index in [9.17, 15) is 0 Å². The van der Waals surface area contributed by atoms with Crippen molar-refractivity contribution in [2.24, 2.45) is 4.99 Å². The minimum absolute atomic E-state index is 0.968. The highest BCUT2D eigenvalue weighted by molar-refractivity contribution is 5.83. The Balaban J connectivity index is 2.02. The zero-order valence-corrected chi connectivity index (χ0v) is 8.61. The number of benzene rings is 1. The normalized spacial score (nSPS) is 15.8. The second kappa shape index (κ2) is 4.27. The van der Waals surface area contributed by atoms with Crippen molar-refractivity contribution in [2.45, 2.75) is 19.9 Å². The van der Waals surface area contributed by atoms with Gasteiger partial charge in [0, 0.05) is 19.5 Å². The standard InChI is InChI=1S/C12H16N2/c1-2-12-13-8-9-14(12)10-11-6-4-3-5-7-11/h3-7H,2,8-10H2,1H3. The maximum Gasteiger partial charge on any atom is 0.0990 e. The van der Waals surface area contributed by atoms with Gasteiger partial charge in [-0.15, -0.1) is 0 Å². The average Bonchev–Trinajstić information content (AvgIpc) is 2.67. The molecule has 1 aliphatic rings. The predicted molar refractivity (Wildman–Crippen MR) is 59.4 cm³/mol. The van der Waals surface area contributed by atoms with Crippen molar-refractivity contribution in [3.05, 3.63) is 35.9 Å². The molecule has 0 atom stereocenters. The van der Waals surface area contributed by atoms with E-state index in [0.717, 1.165) is 26.1 Å². The lowest BCUT2D eigenvalue weighted by Crippen LogP contribution is -2.26. The van der Waals surface area contributed by atoms with Crippen molar-refractivity contribution in [2.75, 3.05) is 13.1 Å². The van der Waals surface area contributed by atoms with E-state index in [2.05, 4.69) is 47.1 Å². The second-order valence-electron chi connectivity index (χ2n) is 3.56. The van der Waals surface area contributed by atoms with E-state index in [1.54, 1.807) is 0 Å². The number of aliphatic imine (C=N–C) groups is 1. The average molecular weight is 188 g/mol. The van der Waals surface area contributed by atoms with Crippen LogP contribution in [0, 0.1) is 0 Å². The SMILES string of the molecule is CCC1=NCCN1Cc1ccccc1. The summed E-state index contributed by atoms with van der Waals surface area (Å²) in [5.74, 6) is 1.26. The first-order chi connectivity index (χ1) is 6.90. The molecule has 0 amide bonds. The van der Waals surface area contributed by atoms with Crippen LogP contribution in [0.15, 0.2) is 35.3 Å². The number of hydrogen-bond donors (Lipinski definition) is 0. The molecule has 1 aromatic carbocycles. The topological polar surface area (TPSA) is 15.6 Å². The van der Waals surface area contributed by atoms with Gasteiger partial charge in [0.2, 0.25) is 0 Å².